The predicted molar refractivity (Wildman–Crippen MR) is 145 cm³/mol. The molecule has 7 heteroatoms. The van der Waals surface area contributed by atoms with Gasteiger partial charge in [-0.05, 0) is 69.0 Å². The second-order valence-electron chi connectivity index (χ2n) is 9.76. The lowest BCUT2D eigenvalue weighted by Gasteiger charge is -2.31. The second-order valence-corrected chi connectivity index (χ2v) is 9.76. The quantitative estimate of drug-likeness (QED) is 0.406. The van der Waals surface area contributed by atoms with Crippen molar-refractivity contribution < 1.29 is 9.59 Å². The second kappa shape index (κ2) is 10.4. The molecular formula is C30H31N5O2. The fourth-order valence-corrected chi connectivity index (χ4v) is 4.87. The van der Waals surface area contributed by atoms with Gasteiger partial charge in [-0.1, -0.05) is 42.0 Å². The van der Waals surface area contributed by atoms with Gasteiger partial charge in [-0.2, -0.15) is 5.10 Å². The molecule has 0 bridgehead atoms. The van der Waals surface area contributed by atoms with E-state index in [1.54, 1.807) is 10.9 Å². The first kappa shape index (κ1) is 24.4. The average molecular weight is 494 g/mol. The van der Waals surface area contributed by atoms with Gasteiger partial charge in [0, 0.05) is 37.0 Å². The monoisotopic (exact) mass is 493 g/mol. The Bertz CT molecular complexity index is 1440. The zero-order valence-corrected chi connectivity index (χ0v) is 21.4. The number of hydrogen-bond acceptors (Lipinski definition) is 4. The van der Waals surface area contributed by atoms with E-state index >= 15 is 0 Å². The SMILES string of the molecule is Cc1ccnc(NC(=O)C2CCN(C(=O)c3cn(-c4ccccc4)nc3-c3ccc(C)cc3C)CC2)c1. The number of rotatable bonds is 5. The van der Waals surface area contributed by atoms with E-state index < -0.39 is 0 Å². The minimum atomic E-state index is -0.155. The number of anilines is 1. The minimum Gasteiger partial charge on any atom is -0.338 e. The Labute approximate surface area is 217 Å². The van der Waals surface area contributed by atoms with Crippen molar-refractivity contribution in [2.45, 2.75) is 33.6 Å². The number of hydrogen-bond donors (Lipinski definition) is 1. The van der Waals surface area contributed by atoms with E-state index in [4.69, 9.17) is 5.10 Å². The zero-order valence-electron chi connectivity index (χ0n) is 21.4. The van der Waals surface area contributed by atoms with Crippen LogP contribution in [0.2, 0.25) is 0 Å². The molecule has 1 fully saturated rings. The van der Waals surface area contributed by atoms with Gasteiger partial charge < -0.3 is 10.2 Å². The van der Waals surface area contributed by atoms with Crippen molar-refractivity contribution in [3.8, 4) is 16.9 Å². The van der Waals surface area contributed by atoms with Crippen molar-refractivity contribution in [3.63, 3.8) is 0 Å². The first-order chi connectivity index (χ1) is 17.9. The van der Waals surface area contributed by atoms with Crippen molar-refractivity contribution in [1.29, 1.82) is 0 Å². The van der Waals surface area contributed by atoms with Crippen LogP contribution in [0.25, 0.3) is 16.9 Å². The summed E-state index contributed by atoms with van der Waals surface area (Å²) in [5.74, 6) is 0.307. The molecule has 2 amide bonds. The number of aromatic nitrogens is 3. The maximum absolute atomic E-state index is 13.8. The molecule has 188 valence electrons. The molecule has 3 heterocycles. The Kier molecular flexibility index (Phi) is 6.86. The lowest BCUT2D eigenvalue weighted by molar-refractivity contribution is -0.121. The number of carbonyl (C=O) groups is 2. The number of aryl methyl sites for hydroxylation is 3. The lowest BCUT2D eigenvalue weighted by atomic mass is 9.95. The molecule has 0 spiro atoms. The third-order valence-corrected chi connectivity index (χ3v) is 6.92. The van der Waals surface area contributed by atoms with Crippen molar-refractivity contribution in [1.82, 2.24) is 19.7 Å². The number of nitrogens with one attached hydrogen (secondary N) is 1. The summed E-state index contributed by atoms with van der Waals surface area (Å²) in [6.45, 7) is 7.10. The van der Waals surface area contributed by atoms with E-state index in [0.29, 0.717) is 43.0 Å². The fourth-order valence-electron chi connectivity index (χ4n) is 4.87. The van der Waals surface area contributed by atoms with Crippen LogP contribution in [-0.4, -0.2) is 44.6 Å². The minimum absolute atomic E-state index is 0.0435. The Morgan fingerprint density at radius 2 is 1.65 bits per heavy atom. The van der Waals surface area contributed by atoms with Crippen LogP contribution < -0.4 is 5.32 Å². The van der Waals surface area contributed by atoms with Crippen LogP contribution in [0.5, 0.6) is 0 Å². The molecule has 5 rings (SSSR count). The van der Waals surface area contributed by atoms with Gasteiger partial charge in [0.15, 0.2) is 0 Å². The van der Waals surface area contributed by atoms with Gasteiger partial charge in [-0.15, -0.1) is 0 Å². The topological polar surface area (TPSA) is 80.1 Å². The summed E-state index contributed by atoms with van der Waals surface area (Å²) in [5, 5.41) is 7.78. The van der Waals surface area contributed by atoms with Gasteiger partial charge in [0.05, 0.1) is 11.3 Å². The van der Waals surface area contributed by atoms with Crippen molar-refractivity contribution >= 4 is 17.6 Å². The zero-order chi connectivity index (χ0) is 25.9. The van der Waals surface area contributed by atoms with Gasteiger partial charge >= 0.3 is 0 Å². The molecule has 2 aromatic carbocycles. The first-order valence-corrected chi connectivity index (χ1v) is 12.6. The van der Waals surface area contributed by atoms with Gasteiger partial charge in [0.2, 0.25) is 5.91 Å². The summed E-state index contributed by atoms with van der Waals surface area (Å²) in [6.07, 6.45) is 4.73. The van der Waals surface area contributed by atoms with Gasteiger partial charge in [0.1, 0.15) is 11.5 Å². The van der Waals surface area contributed by atoms with Gasteiger partial charge in [-0.25, -0.2) is 9.67 Å². The number of benzene rings is 2. The summed E-state index contributed by atoms with van der Waals surface area (Å²) in [7, 11) is 0. The van der Waals surface area contributed by atoms with Crippen LogP contribution in [0, 0.1) is 26.7 Å². The van der Waals surface area contributed by atoms with Crippen LogP contribution >= 0.6 is 0 Å². The van der Waals surface area contributed by atoms with E-state index in [0.717, 1.165) is 27.9 Å². The summed E-state index contributed by atoms with van der Waals surface area (Å²) in [4.78, 5) is 32.7. The van der Waals surface area contributed by atoms with Crippen LogP contribution in [0.1, 0.15) is 39.9 Å². The van der Waals surface area contributed by atoms with Crippen LogP contribution in [0.15, 0.2) is 73.1 Å². The Hall–Kier alpha value is -4.26. The number of carbonyl (C=O) groups excluding carboxylic acids is 2. The number of likely N-dealkylation sites (tertiary alicyclic amines) is 1. The average Bonchev–Trinajstić information content (AvgIpc) is 3.34. The lowest BCUT2D eigenvalue weighted by Crippen LogP contribution is -2.41. The highest BCUT2D eigenvalue weighted by molar-refractivity contribution is 6.00. The summed E-state index contributed by atoms with van der Waals surface area (Å²) in [6, 6.07) is 19.8. The summed E-state index contributed by atoms with van der Waals surface area (Å²) >= 11 is 0. The highest BCUT2D eigenvalue weighted by atomic mass is 16.2. The highest BCUT2D eigenvalue weighted by Gasteiger charge is 2.30. The molecule has 2 aromatic heterocycles. The Morgan fingerprint density at radius 1 is 0.919 bits per heavy atom. The van der Waals surface area contributed by atoms with E-state index in [1.165, 1.54) is 0 Å². The van der Waals surface area contributed by atoms with Gasteiger partial charge in [-0.3, -0.25) is 9.59 Å². The standard InChI is InChI=1S/C30H31N5O2/c1-20-9-10-25(22(3)17-20)28-26(19-35(33-28)24-7-5-4-6-8-24)30(37)34-15-12-23(13-16-34)29(36)32-27-18-21(2)11-14-31-27/h4-11,14,17-19,23H,12-13,15-16H2,1-3H3,(H,31,32,36). The summed E-state index contributed by atoms with van der Waals surface area (Å²) in [5.41, 5.74) is 6.38. The molecular weight excluding hydrogens is 462 g/mol. The summed E-state index contributed by atoms with van der Waals surface area (Å²) < 4.78 is 1.77. The molecule has 7 nitrogen and oxygen atoms in total. The highest BCUT2D eigenvalue weighted by Crippen LogP contribution is 2.30. The maximum Gasteiger partial charge on any atom is 0.257 e. The largest absolute Gasteiger partial charge is 0.338 e. The molecule has 0 atom stereocenters. The molecule has 0 saturated carbocycles. The molecule has 0 radical (unpaired) electrons. The van der Waals surface area contributed by atoms with E-state index in [2.05, 4.69) is 23.3 Å². The van der Waals surface area contributed by atoms with Crippen LogP contribution in [-0.2, 0) is 4.79 Å². The van der Waals surface area contributed by atoms with Crippen LogP contribution in [0.3, 0.4) is 0 Å². The number of para-hydroxylation sites is 1. The van der Waals surface area contributed by atoms with Crippen molar-refractivity contribution in [2.75, 3.05) is 18.4 Å². The van der Waals surface area contributed by atoms with Gasteiger partial charge in [0.25, 0.3) is 5.91 Å². The fraction of sp³-hybridized carbons (Fsp3) is 0.267. The first-order valence-electron chi connectivity index (χ1n) is 12.6. The Morgan fingerprint density at radius 3 is 2.35 bits per heavy atom. The van der Waals surface area contributed by atoms with E-state index in [1.807, 2.05) is 79.5 Å². The van der Waals surface area contributed by atoms with Crippen molar-refractivity contribution in [2.24, 2.45) is 5.92 Å². The third-order valence-electron chi connectivity index (χ3n) is 6.92. The predicted octanol–water partition coefficient (Wildman–Crippen LogP) is 5.35. The van der Waals surface area contributed by atoms with E-state index in [9.17, 15) is 9.59 Å². The normalized spacial score (nSPS) is 14.0. The van der Waals surface area contributed by atoms with E-state index in [-0.39, 0.29) is 17.7 Å². The number of piperidine rings is 1. The number of pyridine rings is 1. The molecule has 0 unspecified atom stereocenters. The molecule has 1 N–H and O–H groups in total. The van der Waals surface area contributed by atoms with Crippen molar-refractivity contribution in [3.05, 3.63) is 95.3 Å². The maximum atomic E-state index is 13.8. The molecule has 1 aliphatic rings. The smallest absolute Gasteiger partial charge is 0.257 e. The van der Waals surface area contributed by atoms with Crippen LogP contribution in [0.4, 0.5) is 5.82 Å². The molecule has 4 aromatic rings. The Balaban J connectivity index is 1.36. The molecule has 0 aliphatic carbocycles. The molecule has 1 saturated heterocycles. The number of amides is 2. The number of nitrogens with zero attached hydrogens (tertiary/aromatic N) is 4. The molecule has 37 heavy (non-hydrogen) atoms. The molecule has 1 aliphatic heterocycles. The third kappa shape index (κ3) is 5.31.